The van der Waals surface area contributed by atoms with Crippen molar-refractivity contribution in [2.45, 2.75) is 12.3 Å². The van der Waals surface area contributed by atoms with Crippen LogP contribution in [0.5, 0.6) is 0 Å². The van der Waals surface area contributed by atoms with Gasteiger partial charge in [-0.3, -0.25) is 0 Å². The van der Waals surface area contributed by atoms with Crippen LogP contribution in [0.3, 0.4) is 0 Å². The van der Waals surface area contributed by atoms with Crippen LogP contribution in [-0.2, 0) is 0 Å². The molecule has 0 aliphatic rings. The highest BCUT2D eigenvalue weighted by Crippen LogP contribution is 2.37. The molecule has 0 fully saturated rings. The largest absolute Gasteiger partial charge is 0.244 e. The lowest BCUT2D eigenvalue weighted by Crippen LogP contribution is -2.20. The molecule has 0 atom stereocenters. The Bertz CT molecular complexity index is 2190. The van der Waals surface area contributed by atoms with E-state index in [4.69, 9.17) is 0 Å². The molecular weight excluding hydrogens is 592 g/mol. The molecule has 0 saturated heterocycles. The molecule has 4 heterocycles. The fourth-order valence-corrected chi connectivity index (χ4v) is 6.78. The number of benzene rings is 5. The highest BCUT2D eigenvalue weighted by Gasteiger charge is 2.19. The third-order valence-electron chi connectivity index (χ3n) is 9.02. The summed E-state index contributed by atoms with van der Waals surface area (Å²) < 4.78 is 7.70. The fourth-order valence-electron chi connectivity index (χ4n) is 6.78. The monoisotopic (exact) mass is 622 g/mol. The topological polar surface area (TPSA) is 71.3 Å². The number of aromatic nitrogens is 8. The molecule has 0 saturated carbocycles. The molecule has 0 radical (unpaired) electrons. The van der Waals surface area contributed by atoms with E-state index >= 15 is 0 Å². The second kappa shape index (κ2) is 11.7. The first-order valence-corrected chi connectivity index (χ1v) is 15.9. The number of hydrogen-bond donors (Lipinski definition) is 0. The second-order valence-electron chi connectivity index (χ2n) is 11.8. The summed E-state index contributed by atoms with van der Waals surface area (Å²) in [6, 6.07) is 43.0. The summed E-state index contributed by atoms with van der Waals surface area (Å²) >= 11 is 0. The molecule has 0 spiro atoms. The summed E-state index contributed by atoms with van der Waals surface area (Å²) in [5, 5.41) is 22.9. The lowest BCUT2D eigenvalue weighted by atomic mass is 9.91. The Kier molecular flexibility index (Phi) is 6.75. The Hall–Kier alpha value is -6.54. The van der Waals surface area contributed by atoms with Crippen molar-refractivity contribution in [1.82, 2.24) is 39.1 Å². The molecule has 48 heavy (non-hydrogen) atoms. The van der Waals surface area contributed by atoms with Crippen LogP contribution in [0.25, 0.3) is 43.8 Å². The summed E-state index contributed by atoms with van der Waals surface area (Å²) in [6.07, 6.45) is 14.8. The van der Waals surface area contributed by atoms with Gasteiger partial charge in [-0.25, -0.2) is 18.7 Å². The molecule has 0 aliphatic heterocycles. The Balaban J connectivity index is 1.10. The van der Waals surface area contributed by atoms with Crippen LogP contribution in [0, 0.1) is 0 Å². The Morgan fingerprint density at radius 1 is 0.375 bits per heavy atom. The van der Waals surface area contributed by atoms with Crippen LogP contribution in [0.1, 0.15) is 23.5 Å². The van der Waals surface area contributed by atoms with Crippen LogP contribution in [0.15, 0.2) is 171 Å². The van der Waals surface area contributed by atoms with Crippen molar-refractivity contribution >= 4 is 21.5 Å². The highest BCUT2D eigenvalue weighted by atomic mass is 15.4. The van der Waals surface area contributed by atoms with Gasteiger partial charge in [0.15, 0.2) is 12.3 Å². The smallest absolute Gasteiger partial charge is 0.168 e. The van der Waals surface area contributed by atoms with E-state index < -0.39 is 0 Å². The van der Waals surface area contributed by atoms with E-state index in [0.717, 1.165) is 22.3 Å². The molecule has 9 aromatic rings. The highest BCUT2D eigenvalue weighted by molar-refractivity contribution is 6.09. The van der Waals surface area contributed by atoms with Crippen molar-refractivity contribution in [3.63, 3.8) is 0 Å². The Labute approximate surface area is 276 Å². The quantitative estimate of drug-likeness (QED) is 0.160. The van der Waals surface area contributed by atoms with Gasteiger partial charge in [-0.2, -0.15) is 20.4 Å². The molecule has 9 rings (SSSR count). The molecular formula is C40H30N8. The minimum atomic E-state index is -0.163. The van der Waals surface area contributed by atoms with Crippen molar-refractivity contribution in [1.29, 1.82) is 0 Å². The molecule has 5 aromatic carbocycles. The third kappa shape index (κ3) is 4.87. The van der Waals surface area contributed by atoms with Crippen LogP contribution >= 0.6 is 0 Å². The predicted molar refractivity (Wildman–Crippen MR) is 188 cm³/mol. The van der Waals surface area contributed by atoms with Crippen LogP contribution in [0.2, 0.25) is 0 Å². The van der Waals surface area contributed by atoms with Crippen LogP contribution in [-0.4, -0.2) is 39.1 Å². The normalized spacial score (nSPS) is 11.7. The van der Waals surface area contributed by atoms with Crippen molar-refractivity contribution in [2.24, 2.45) is 0 Å². The van der Waals surface area contributed by atoms with Crippen molar-refractivity contribution in [3.8, 4) is 22.3 Å². The van der Waals surface area contributed by atoms with E-state index in [1.807, 2.05) is 67.8 Å². The maximum Gasteiger partial charge on any atom is 0.168 e. The molecule has 8 heteroatoms. The van der Waals surface area contributed by atoms with Gasteiger partial charge in [-0.1, -0.05) is 84.9 Å². The summed E-state index contributed by atoms with van der Waals surface area (Å²) in [4.78, 5) is 0. The van der Waals surface area contributed by atoms with Gasteiger partial charge in [0.05, 0.1) is 0 Å². The number of hydrogen-bond acceptors (Lipinski definition) is 4. The molecule has 0 unspecified atom stereocenters. The maximum atomic E-state index is 4.52. The minimum Gasteiger partial charge on any atom is -0.244 e. The molecule has 8 nitrogen and oxygen atoms in total. The summed E-state index contributed by atoms with van der Waals surface area (Å²) in [6.45, 7) is 0. The van der Waals surface area contributed by atoms with E-state index in [2.05, 4.69) is 117 Å². The van der Waals surface area contributed by atoms with Crippen molar-refractivity contribution < 1.29 is 0 Å². The van der Waals surface area contributed by atoms with Crippen molar-refractivity contribution in [3.05, 3.63) is 182 Å². The lowest BCUT2D eigenvalue weighted by Gasteiger charge is -2.19. The number of fused-ring (bicyclic) bond motifs is 2. The van der Waals surface area contributed by atoms with E-state index in [1.165, 1.54) is 32.7 Å². The maximum absolute atomic E-state index is 4.52. The molecule has 0 bridgehead atoms. The third-order valence-corrected chi connectivity index (χ3v) is 9.02. The summed E-state index contributed by atoms with van der Waals surface area (Å²) in [5.74, 6) is 0. The minimum absolute atomic E-state index is 0.163. The van der Waals surface area contributed by atoms with E-state index in [0.29, 0.717) is 0 Å². The molecule has 0 N–H and O–H groups in total. The van der Waals surface area contributed by atoms with Gasteiger partial charge < -0.3 is 0 Å². The van der Waals surface area contributed by atoms with E-state index in [-0.39, 0.29) is 12.3 Å². The second-order valence-corrected chi connectivity index (χ2v) is 11.8. The van der Waals surface area contributed by atoms with Gasteiger partial charge in [0.1, 0.15) is 0 Å². The Morgan fingerprint density at radius 3 is 1.08 bits per heavy atom. The first-order valence-electron chi connectivity index (χ1n) is 15.9. The molecule has 230 valence electrons. The SMILES string of the molecule is c1cc(-c2ccc(C(n3cccn3)n3cccn3)cc2)c2cc3c(-c4ccc(C(n5cccn5)n5cccn5)cc4)cccc3cc2c1. The van der Waals surface area contributed by atoms with Crippen LogP contribution < -0.4 is 0 Å². The van der Waals surface area contributed by atoms with Gasteiger partial charge in [-0.05, 0) is 91.3 Å². The average molecular weight is 623 g/mol. The number of rotatable bonds is 8. The molecule has 0 aliphatic carbocycles. The van der Waals surface area contributed by atoms with Gasteiger partial charge in [0.2, 0.25) is 0 Å². The fraction of sp³-hybridized carbons (Fsp3) is 0.0500. The summed E-state index contributed by atoms with van der Waals surface area (Å²) in [5.41, 5.74) is 6.92. The molecule has 0 amide bonds. The lowest BCUT2D eigenvalue weighted by molar-refractivity contribution is 0.419. The van der Waals surface area contributed by atoms with Gasteiger partial charge in [0.25, 0.3) is 0 Å². The van der Waals surface area contributed by atoms with Gasteiger partial charge >= 0.3 is 0 Å². The number of nitrogens with zero attached hydrogens (tertiary/aromatic N) is 8. The van der Waals surface area contributed by atoms with Crippen molar-refractivity contribution in [2.75, 3.05) is 0 Å². The standard InChI is InChI=1S/C40H30N8/c1-7-33-27-34-8-2-10-36(30-13-17-32(18-14-30)40(47-25-5-21-43-47)48-26-6-22-44-48)38(34)28-37(33)35(9-1)29-11-15-31(16-12-29)39(45-23-3-19-41-45)46-24-4-20-42-46/h1-28,39-40H. The van der Waals surface area contributed by atoms with Gasteiger partial charge in [-0.15, -0.1) is 0 Å². The predicted octanol–water partition coefficient (Wildman–Crippen LogP) is 8.30. The van der Waals surface area contributed by atoms with E-state index in [9.17, 15) is 0 Å². The first kappa shape index (κ1) is 27.7. The molecule has 4 aromatic heterocycles. The average Bonchev–Trinajstić information content (AvgIpc) is 3.98. The zero-order chi connectivity index (χ0) is 31.9. The first-order chi connectivity index (χ1) is 23.8. The Morgan fingerprint density at radius 2 is 0.750 bits per heavy atom. The zero-order valence-electron chi connectivity index (χ0n) is 25.9. The summed E-state index contributed by atoms with van der Waals surface area (Å²) in [7, 11) is 0. The van der Waals surface area contributed by atoms with Gasteiger partial charge in [0, 0.05) is 49.6 Å². The van der Waals surface area contributed by atoms with Crippen LogP contribution in [0.4, 0.5) is 0 Å². The van der Waals surface area contributed by atoms with E-state index in [1.54, 1.807) is 24.8 Å². The zero-order valence-corrected chi connectivity index (χ0v) is 25.9.